The normalized spacial score (nSPS) is 11.1. The first-order valence-electron chi connectivity index (χ1n) is 7.56. The van der Waals surface area contributed by atoms with E-state index >= 15 is 0 Å². The molecule has 0 unspecified atom stereocenters. The minimum absolute atomic E-state index is 0.155. The van der Waals surface area contributed by atoms with Gasteiger partial charge in [0.1, 0.15) is 11.5 Å². The van der Waals surface area contributed by atoms with Crippen LogP contribution in [0.5, 0.6) is 11.5 Å². The Morgan fingerprint density at radius 2 is 1.52 bits per heavy atom. The first-order chi connectivity index (χ1) is 11.9. The Morgan fingerprint density at radius 3 is 2.16 bits per heavy atom. The Morgan fingerprint density at radius 1 is 0.880 bits per heavy atom. The second-order valence-electron chi connectivity index (χ2n) is 5.45. The van der Waals surface area contributed by atoms with E-state index in [4.69, 9.17) is 16.3 Å². The highest BCUT2D eigenvalue weighted by atomic mass is 35.5. The maximum absolute atomic E-state index is 12.5. The molecule has 0 aromatic heterocycles. The van der Waals surface area contributed by atoms with Crippen LogP contribution in [0.4, 0.5) is 5.69 Å². The molecule has 3 rings (SSSR count). The van der Waals surface area contributed by atoms with Crippen LogP contribution < -0.4 is 9.46 Å². The predicted molar refractivity (Wildman–Crippen MR) is 100.0 cm³/mol. The SMILES string of the molecule is Cc1cc(Cl)ccc1NS(=O)(=O)c1ccc(Oc2ccccc2)cc1. The third-order valence-corrected chi connectivity index (χ3v) is 5.16. The lowest BCUT2D eigenvalue weighted by atomic mass is 10.2. The van der Waals surface area contributed by atoms with Crippen molar-refractivity contribution in [2.24, 2.45) is 0 Å². The fourth-order valence-corrected chi connectivity index (χ4v) is 3.61. The van der Waals surface area contributed by atoms with Gasteiger partial charge < -0.3 is 4.74 Å². The molecule has 0 aliphatic rings. The first kappa shape index (κ1) is 17.3. The molecule has 3 aromatic carbocycles. The van der Waals surface area contributed by atoms with Crippen molar-refractivity contribution in [2.75, 3.05) is 4.72 Å². The van der Waals surface area contributed by atoms with Crippen LogP contribution in [0.3, 0.4) is 0 Å². The smallest absolute Gasteiger partial charge is 0.261 e. The van der Waals surface area contributed by atoms with Crippen LogP contribution in [0.15, 0.2) is 77.7 Å². The van der Waals surface area contributed by atoms with E-state index in [9.17, 15) is 8.42 Å². The molecule has 0 aliphatic carbocycles. The average Bonchev–Trinajstić information content (AvgIpc) is 2.59. The number of sulfonamides is 1. The molecule has 0 fully saturated rings. The zero-order chi connectivity index (χ0) is 17.9. The van der Waals surface area contributed by atoms with Gasteiger partial charge in [0, 0.05) is 5.02 Å². The van der Waals surface area contributed by atoms with Crippen molar-refractivity contribution in [1.29, 1.82) is 0 Å². The van der Waals surface area contributed by atoms with Crippen LogP contribution in [-0.4, -0.2) is 8.42 Å². The second-order valence-corrected chi connectivity index (χ2v) is 7.57. The molecule has 0 aliphatic heterocycles. The molecule has 1 N–H and O–H groups in total. The Labute approximate surface area is 152 Å². The molecule has 0 bridgehead atoms. The Balaban J connectivity index is 1.78. The zero-order valence-electron chi connectivity index (χ0n) is 13.4. The summed E-state index contributed by atoms with van der Waals surface area (Å²) < 4.78 is 33.3. The number of anilines is 1. The van der Waals surface area contributed by atoms with Gasteiger partial charge >= 0.3 is 0 Å². The highest BCUT2D eigenvalue weighted by Gasteiger charge is 2.15. The molecule has 3 aromatic rings. The van der Waals surface area contributed by atoms with Gasteiger partial charge in [-0.05, 0) is 67.1 Å². The number of halogens is 1. The summed E-state index contributed by atoms with van der Waals surface area (Å²) in [5.74, 6) is 1.25. The van der Waals surface area contributed by atoms with Crippen molar-refractivity contribution >= 4 is 27.3 Å². The zero-order valence-corrected chi connectivity index (χ0v) is 15.0. The van der Waals surface area contributed by atoms with E-state index in [2.05, 4.69) is 4.72 Å². The van der Waals surface area contributed by atoms with Crippen LogP contribution in [0.2, 0.25) is 5.02 Å². The van der Waals surface area contributed by atoms with Crippen LogP contribution >= 0.6 is 11.6 Å². The summed E-state index contributed by atoms with van der Waals surface area (Å²) in [5.41, 5.74) is 1.24. The van der Waals surface area contributed by atoms with E-state index < -0.39 is 10.0 Å². The van der Waals surface area contributed by atoms with Crippen LogP contribution in [-0.2, 0) is 10.0 Å². The quantitative estimate of drug-likeness (QED) is 0.665. The molecule has 0 radical (unpaired) electrons. The summed E-state index contributed by atoms with van der Waals surface area (Å²) in [6.45, 7) is 1.79. The van der Waals surface area contributed by atoms with Crippen molar-refractivity contribution in [3.63, 3.8) is 0 Å². The van der Waals surface area contributed by atoms with E-state index in [1.807, 2.05) is 30.3 Å². The molecular weight excluding hydrogens is 358 g/mol. The molecule has 0 atom stereocenters. The molecule has 0 saturated carbocycles. The van der Waals surface area contributed by atoms with Gasteiger partial charge in [-0.25, -0.2) is 8.42 Å². The number of ether oxygens (including phenoxy) is 1. The molecule has 25 heavy (non-hydrogen) atoms. The van der Waals surface area contributed by atoms with Crippen molar-refractivity contribution in [1.82, 2.24) is 0 Å². The minimum atomic E-state index is -3.69. The number of hydrogen-bond donors (Lipinski definition) is 1. The number of hydrogen-bond acceptors (Lipinski definition) is 3. The lowest BCUT2D eigenvalue weighted by Gasteiger charge is -2.11. The molecule has 0 spiro atoms. The minimum Gasteiger partial charge on any atom is -0.457 e. The number of rotatable bonds is 5. The molecular formula is C19H16ClNO3S. The summed E-state index contributed by atoms with van der Waals surface area (Å²) >= 11 is 5.90. The lowest BCUT2D eigenvalue weighted by Crippen LogP contribution is -2.13. The molecule has 0 heterocycles. The van der Waals surface area contributed by atoms with E-state index in [0.717, 1.165) is 5.56 Å². The van der Waals surface area contributed by atoms with E-state index in [1.54, 1.807) is 37.3 Å². The predicted octanol–water partition coefficient (Wildman–Crippen LogP) is 5.24. The molecule has 0 saturated heterocycles. The van der Waals surface area contributed by atoms with E-state index in [0.29, 0.717) is 22.2 Å². The average molecular weight is 374 g/mol. The lowest BCUT2D eigenvalue weighted by molar-refractivity contribution is 0.482. The van der Waals surface area contributed by atoms with Gasteiger partial charge in [-0.15, -0.1) is 0 Å². The van der Waals surface area contributed by atoms with Gasteiger partial charge in [0.05, 0.1) is 10.6 Å². The van der Waals surface area contributed by atoms with Crippen molar-refractivity contribution in [3.8, 4) is 11.5 Å². The van der Waals surface area contributed by atoms with Gasteiger partial charge in [0.2, 0.25) is 0 Å². The number of benzene rings is 3. The summed E-state index contributed by atoms with van der Waals surface area (Å²) in [4.78, 5) is 0.155. The molecule has 128 valence electrons. The van der Waals surface area contributed by atoms with Crippen molar-refractivity contribution < 1.29 is 13.2 Å². The monoisotopic (exact) mass is 373 g/mol. The van der Waals surface area contributed by atoms with Crippen LogP contribution in [0.25, 0.3) is 0 Å². The standard InChI is InChI=1S/C19H16ClNO3S/c1-14-13-15(20)7-12-19(14)21-25(22,23)18-10-8-17(9-11-18)24-16-5-3-2-4-6-16/h2-13,21H,1H3. The number of aryl methyl sites for hydroxylation is 1. The van der Waals surface area contributed by atoms with Crippen molar-refractivity contribution in [3.05, 3.63) is 83.4 Å². The topological polar surface area (TPSA) is 55.4 Å². The summed E-state index contributed by atoms with van der Waals surface area (Å²) in [6.07, 6.45) is 0. The van der Waals surface area contributed by atoms with Crippen molar-refractivity contribution in [2.45, 2.75) is 11.8 Å². The number of nitrogens with one attached hydrogen (secondary N) is 1. The fourth-order valence-electron chi connectivity index (χ4n) is 2.26. The molecule has 6 heteroatoms. The second kappa shape index (κ2) is 7.17. The van der Waals surface area contributed by atoms with E-state index in [-0.39, 0.29) is 4.90 Å². The highest BCUT2D eigenvalue weighted by molar-refractivity contribution is 7.92. The van der Waals surface area contributed by atoms with Gasteiger partial charge in [0.15, 0.2) is 0 Å². The van der Waals surface area contributed by atoms with Gasteiger partial charge in [-0.1, -0.05) is 29.8 Å². The van der Waals surface area contributed by atoms with Gasteiger partial charge in [-0.2, -0.15) is 0 Å². The van der Waals surface area contributed by atoms with Gasteiger partial charge in [0.25, 0.3) is 10.0 Å². The highest BCUT2D eigenvalue weighted by Crippen LogP contribution is 2.25. The Hall–Kier alpha value is -2.50. The Bertz CT molecular complexity index is 971. The van der Waals surface area contributed by atoms with Gasteiger partial charge in [-0.3, -0.25) is 4.72 Å². The largest absolute Gasteiger partial charge is 0.457 e. The molecule has 0 amide bonds. The summed E-state index contributed by atoms with van der Waals surface area (Å²) in [6, 6.07) is 20.5. The number of para-hydroxylation sites is 1. The van der Waals surface area contributed by atoms with Crippen LogP contribution in [0.1, 0.15) is 5.56 Å². The maximum Gasteiger partial charge on any atom is 0.261 e. The first-order valence-corrected chi connectivity index (χ1v) is 9.42. The molecule has 4 nitrogen and oxygen atoms in total. The third-order valence-electron chi connectivity index (χ3n) is 3.55. The summed E-state index contributed by atoms with van der Waals surface area (Å²) in [5, 5.41) is 0.558. The fraction of sp³-hybridized carbons (Fsp3) is 0.0526. The maximum atomic E-state index is 12.5. The summed E-state index contributed by atoms with van der Waals surface area (Å²) in [7, 11) is -3.69. The Kier molecular flexibility index (Phi) is 4.97. The van der Waals surface area contributed by atoms with E-state index in [1.165, 1.54) is 12.1 Å². The third kappa shape index (κ3) is 4.32. The van der Waals surface area contributed by atoms with Crippen LogP contribution in [0, 0.1) is 6.92 Å².